The monoisotopic (exact) mass is 422 g/mol. The molecule has 1 N–H and O–H groups in total. The molecule has 0 bridgehead atoms. The fourth-order valence-electron chi connectivity index (χ4n) is 2.74. The number of carbonyl (C=O) groups excluding carboxylic acids is 3. The lowest BCUT2D eigenvalue weighted by molar-refractivity contribution is -0.161. The van der Waals surface area contributed by atoms with E-state index in [1.165, 1.54) is 19.2 Å². The van der Waals surface area contributed by atoms with E-state index in [2.05, 4.69) is 10.5 Å². The number of carbonyl (C=O) groups is 3. The molecule has 8 nitrogen and oxygen atoms in total. The number of ether oxygens (including phenoxy) is 2. The van der Waals surface area contributed by atoms with Gasteiger partial charge in [-0.05, 0) is 39.0 Å². The van der Waals surface area contributed by atoms with Gasteiger partial charge in [0.2, 0.25) is 0 Å². The summed E-state index contributed by atoms with van der Waals surface area (Å²) in [4.78, 5) is 36.5. The third-order valence-corrected chi connectivity index (χ3v) is 4.12. The molecule has 0 spiro atoms. The lowest BCUT2D eigenvalue weighted by Crippen LogP contribution is -2.33. The topological polar surface area (TPSA) is 108 Å². The molecule has 1 aromatic heterocycles. The molecule has 1 amide bonds. The molecule has 3 aromatic rings. The van der Waals surface area contributed by atoms with Gasteiger partial charge in [0.25, 0.3) is 0 Å². The van der Waals surface area contributed by atoms with Gasteiger partial charge in [-0.15, -0.1) is 0 Å². The maximum Gasteiger partial charge on any atom is 0.397 e. The van der Waals surface area contributed by atoms with E-state index in [0.717, 1.165) is 5.56 Å². The highest BCUT2D eigenvalue weighted by molar-refractivity contribution is 6.37. The summed E-state index contributed by atoms with van der Waals surface area (Å²) in [7, 11) is 1.22. The van der Waals surface area contributed by atoms with Crippen LogP contribution >= 0.6 is 0 Å². The summed E-state index contributed by atoms with van der Waals surface area (Å²) in [5.74, 6) is -2.33. The Labute approximate surface area is 179 Å². The van der Waals surface area contributed by atoms with Gasteiger partial charge in [0.15, 0.2) is 5.76 Å². The van der Waals surface area contributed by atoms with Crippen molar-refractivity contribution in [2.75, 3.05) is 12.4 Å². The molecule has 160 valence electrons. The molecule has 0 aliphatic rings. The van der Waals surface area contributed by atoms with Crippen molar-refractivity contribution >= 4 is 23.5 Å². The highest BCUT2D eigenvalue weighted by Crippen LogP contribution is 2.29. The van der Waals surface area contributed by atoms with Crippen molar-refractivity contribution in [2.24, 2.45) is 0 Å². The third-order valence-electron chi connectivity index (χ3n) is 4.12. The molecule has 8 heteroatoms. The van der Waals surface area contributed by atoms with E-state index in [0.29, 0.717) is 17.0 Å². The zero-order chi connectivity index (χ0) is 22.6. The second-order valence-corrected chi connectivity index (χ2v) is 7.65. The lowest BCUT2D eigenvalue weighted by atomic mass is 10.1. The van der Waals surface area contributed by atoms with Gasteiger partial charge in [0, 0.05) is 17.2 Å². The highest BCUT2D eigenvalue weighted by atomic mass is 16.6. The number of amides is 1. The minimum Gasteiger partial charge on any atom is -0.465 e. The van der Waals surface area contributed by atoms with E-state index >= 15 is 0 Å². The highest BCUT2D eigenvalue weighted by Gasteiger charge is 2.25. The maximum absolute atomic E-state index is 12.3. The number of hydrogen-bond donors (Lipinski definition) is 1. The number of benzene rings is 2. The summed E-state index contributed by atoms with van der Waals surface area (Å²) in [6.45, 7) is 4.94. The van der Waals surface area contributed by atoms with Gasteiger partial charge in [-0.25, -0.2) is 9.59 Å². The molecule has 0 saturated carbocycles. The minimum absolute atomic E-state index is 0.0505. The van der Waals surface area contributed by atoms with Crippen molar-refractivity contribution in [1.82, 2.24) is 5.16 Å². The first kappa shape index (κ1) is 21.8. The standard InChI is InChI=1S/C23H22N2O6/c1-23(2,3)30-22(28)20(26)24-17-11-10-15(12-16(17)21(27)29-4)19-13-18(25-31-19)14-8-6-5-7-9-14/h5-13H,1-4H3,(H,24,26). The van der Waals surface area contributed by atoms with Crippen LogP contribution in [0, 0.1) is 0 Å². The van der Waals surface area contributed by atoms with Crippen molar-refractivity contribution in [2.45, 2.75) is 26.4 Å². The normalized spacial score (nSPS) is 11.0. The third kappa shape index (κ3) is 5.36. The number of nitrogens with one attached hydrogen (secondary N) is 1. The van der Waals surface area contributed by atoms with Crippen LogP contribution in [0.4, 0.5) is 5.69 Å². The average molecular weight is 422 g/mol. The fraction of sp³-hybridized carbons (Fsp3) is 0.217. The first-order valence-corrected chi connectivity index (χ1v) is 9.47. The van der Waals surface area contributed by atoms with Gasteiger partial charge in [-0.3, -0.25) is 4.79 Å². The van der Waals surface area contributed by atoms with E-state index in [-0.39, 0.29) is 11.3 Å². The summed E-state index contributed by atoms with van der Waals surface area (Å²) >= 11 is 0. The van der Waals surface area contributed by atoms with Crippen molar-refractivity contribution in [3.05, 3.63) is 60.2 Å². The van der Waals surface area contributed by atoms with Crippen molar-refractivity contribution in [1.29, 1.82) is 0 Å². The molecule has 0 unspecified atom stereocenters. The second-order valence-electron chi connectivity index (χ2n) is 7.65. The van der Waals surface area contributed by atoms with E-state index in [1.54, 1.807) is 32.9 Å². The van der Waals surface area contributed by atoms with Gasteiger partial charge in [0.1, 0.15) is 11.3 Å². The van der Waals surface area contributed by atoms with Gasteiger partial charge in [0.05, 0.1) is 18.4 Å². The zero-order valence-corrected chi connectivity index (χ0v) is 17.6. The average Bonchev–Trinajstić information content (AvgIpc) is 3.23. The number of esters is 2. The van der Waals surface area contributed by atoms with Gasteiger partial charge in [-0.1, -0.05) is 35.5 Å². The Kier molecular flexibility index (Phi) is 6.20. The predicted molar refractivity (Wildman–Crippen MR) is 113 cm³/mol. The molecule has 0 aliphatic heterocycles. The number of aromatic nitrogens is 1. The van der Waals surface area contributed by atoms with Crippen molar-refractivity contribution in [3.8, 4) is 22.6 Å². The fourth-order valence-corrected chi connectivity index (χ4v) is 2.74. The Balaban J connectivity index is 1.89. The molecule has 1 heterocycles. The zero-order valence-electron chi connectivity index (χ0n) is 17.6. The minimum atomic E-state index is -1.06. The molecular formula is C23H22N2O6. The summed E-state index contributed by atoms with van der Waals surface area (Å²) in [5, 5.41) is 6.46. The van der Waals surface area contributed by atoms with E-state index in [4.69, 9.17) is 14.0 Å². The van der Waals surface area contributed by atoms with Crippen LogP contribution in [0.1, 0.15) is 31.1 Å². The predicted octanol–water partition coefficient (Wildman–Crippen LogP) is 4.08. The van der Waals surface area contributed by atoms with Crippen LogP contribution < -0.4 is 5.32 Å². The summed E-state index contributed by atoms with van der Waals surface area (Å²) in [6, 6.07) is 15.8. The first-order valence-electron chi connectivity index (χ1n) is 9.47. The molecular weight excluding hydrogens is 400 g/mol. The quantitative estimate of drug-likeness (QED) is 0.499. The molecule has 0 aliphatic carbocycles. The van der Waals surface area contributed by atoms with Crippen LogP contribution in [0.2, 0.25) is 0 Å². The van der Waals surface area contributed by atoms with E-state index in [9.17, 15) is 14.4 Å². The van der Waals surface area contributed by atoms with Crippen LogP contribution in [0.15, 0.2) is 59.1 Å². The molecule has 31 heavy (non-hydrogen) atoms. The summed E-state index contributed by atoms with van der Waals surface area (Å²) < 4.78 is 15.3. The largest absolute Gasteiger partial charge is 0.465 e. The molecule has 0 fully saturated rings. The molecule has 0 radical (unpaired) electrons. The number of rotatable bonds is 4. The Morgan fingerprint density at radius 2 is 1.68 bits per heavy atom. The van der Waals surface area contributed by atoms with Crippen molar-refractivity contribution in [3.63, 3.8) is 0 Å². The first-order chi connectivity index (χ1) is 14.7. The maximum atomic E-state index is 12.3. The Bertz CT molecular complexity index is 1110. The molecule has 0 atom stereocenters. The van der Waals surface area contributed by atoms with E-state index in [1.807, 2.05) is 30.3 Å². The number of anilines is 1. The summed E-state index contributed by atoms with van der Waals surface area (Å²) in [6.07, 6.45) is 0. The Morgan fingerprint density at radius 1 is 0.968 bits per heavy atom. The molecule has 0 saturated heterocycles. The number of methoxy groups -OCH3 is 1. The van der Waals surface area contributed by atoms with Crippen LogP contribution in [-0.4, -0.2) is 35.7 Å². The van der Waals surface area contributed by atoms with E-state index < -0.39 is 23.4 Å². The molecule has 3 rings (SSSR count). The van der Waals surface area contributed by atoms with Crippen molar-refractivity contribution < 1.29 is 28.4 Å². The number of nitrogens with zero attached hydrogens (tertiary/aromatic N) is 1. The SMILES string of the molecule is COC(=O)c1cc(-c2cc(-c3ccccc3)no2)ccc1NC(=O)C(=O)OC(C)(C)C. The van der Waals surface area contributed by atoms with Gasteiger partial charge >= 0.3 is 17.8 Å². The Hall–Kier alpha value is -3.94. The number of hydrogen-bond acceptors (Lipinski definition) is 7. The van der Waals surface area contributed by atoms with Gasteiger partial charge < -0.3 is 19.3 Å². The molecule has 2 aromatic carbocycles. The van der Waals surface area contributed by atoms with Crippen LogP contribution in [0.3, 0.4) is 0 Å². The smallest absolute Gasteiger partial charge is 0.397 e. The summed E-state index contributed by atoms with van der Waals surface area (Å²) in [5.41, 5.74) is 1.39. The van der Waals surface area contributed by atoms with Crippen LogP contribution in [0.25, 0.3) is 22.6 Å². The Morgan fingerprint density at radius 3 is 2.32 bits per heavy atom. The van der Waals surface area contributed by atoms with Gasteiger partial charge in [-0.2, -0.15) is 0 Å². The van der Waals surface area contributed by atoms with Crippen LogP contribution in [-0.2, 0) is 19.1 Å². The van der Waals surface area contributed by atoms with Crippen LogP contribution in [0.5, 0.6) is 0 Å². The lowest BCUT2D eigenvalue weighted by Gasteiger charge is -2.19. The second kappa shape index (κ2) is 8.83.